The fourth-order valence-electron chi connectivity index (χ4n) is 0.350. The van der Waals surface area contributed by atoms with Crippen LogP contribution in [-0.4, -0.2) is 48.3 Å². The van der Waals surface area contributed by atoms with Crippen molar-refractivity contribution in [3.8, 4) is 0 Å². The van der Waals surface area contributed by atoms with Crippen LogP contribution in [0.2, 0.25) is 0 Å². The molecular weight excluding hydrogens is 163 g/mol. The van der Waals surface area contributed by atoms with Crippen molar-refractivity contribution in [1.29, 1.82) is 0 Å². The number of hydrogen-bond acceptors (Lipinski definition) is 2. The first-order valence-electron chi connectivity index (χ1n) is 2.70. The second kappa shape index (κ2) is 5.55. The summed E-state index contributed by atoms with van der Waals surface area (Å²) < 4.78 is 28.3. The van der Waals surface area contributed by atoms with E-state index in [0.29, 0.717) is 6.42 Å². The van der Waals surface area contributed by atoms with E-state index in [2.05, 4.69) is 6.92 Å². The minimum absolute atomic E-state index is 0. The van der Waals surface area contributed by atoms with Gasteiger partial charge in [-0.2, -0.15) is 8.42 Å². The molecule has 1 atom stereocenters. The third-order valence-corrected chi connectivity index (χ3v) is 1.62. The molecule has 5 heteroatoms. The molecule has 0 heterocycles. The van der Waals surface area contributed by atoms with Crippen molar-refractivity contribution >= 4 is 39.7 Å². The third kappa shape index (κ3) is 11.7. The Labute approximate surface area is 84.2 Å². The Hall–Kier alpha value is 0.910. The van der Waals surface area contributed by atoms with E-state index in [1.165, 1.54) is 0 Å². The molecule has 0 saturated carbocycles. The topological polar surface area (TPSA) is 54.4 Å². The first-order valence-corrected chi connectivity index (χ1v) is 4.31. The molecule has 0 aliphatic rings. The maximum absolute atomic E-state index is 10.1. The summed E-state index contributed by atoms with van der Waals surface area (Å²) in [4.78, 5) is 0. The molecular formula is C5H12NaO3S. The van der Waals surface area contributed by atoms with Gasteiger partial charge in [-0.15, -0.1) is 0 Å². The van der Waals surface area contributed by atoms with Crippen molar-refractivity contribution < 1.29 is 13.0 Å². The fourth-order valence-corrected chi connectivity index (χ4v) is 1.05. The van der Waals surface area contributed by atoms with Gasteiger partial charge in [0.15, 0.2) is 0 Å². The first-order chi connectivity index (χ1) is 3.92. The second-order valence-electron chi connectivity index (χ2n) is 2.18. The fraction of sp³-hybridized carbons (Fsp3) is 0.800. The van der Waals surface area contributed by atoms with Crippen molar-refractivity contribution in [2.75, 3.05) is 5.75 Å². The van der Waals surface area contributed by atoms with Gasteiger partial charge in [0.2, 0.25) is 0 Å². The summed E-state index contributed by atoms with van der Waals surface area (Å²) >= 11 is 0. The van der Waals surface area contributed by atoms with Gasteiger partial charge in [0.1, 0.15) is 0 Å². The molecule has 0 saturated heterocycles. The predicted molar refractivity (Wildman–Crippen MR) is 42.7 cm³/mol. The molecule has 0 rings (SSSR count). The van der Waals surface area contributed by atoms with Crippen LogP contribution in [0.5, 0.6) is 0 Å². The van der Waals surface area contributed by atoms with E-state index >= 15 is 0 Å². The molecule has 0 aliphatic carbocycles. The van der Waals surface area contributed by atoms with Gasteiger partial charge < -0.3 is 0 Å². The molecule has 1 radical (unpaired) electrons. The van der Waals surface area contributed by atoms with E-state index in [1.54, 1.807) is 6.92 Å². The zero-order valence-corrected chi connectivity index (χ0v) is 6.19. The molecule has 0 aromatic rings. The van der Waals surface area contributed by atoms with E-state index in [9.17, 15) is 8.42 Å². The number of rotatable bonds is 3. The minimum atomic E-state index is -3.76. The van der Waals surface area contributed by atoms with E-state index in [4.69, 9.17) is 4.55 Å². The predicted octanol–water partition coefficient (Wildman–Crippen LogP) is 0.0860. The molecule has 0 fully saturated rings. The molecule has 1 N–H and O–H groups in total. The summed E-state index contributed by atoms with van der Waals surface area (Å²) in [5.41, 5.74) is 0. The van der Waals surface area contributed by atoms with Crippen LogP contribution in [0, 0.1) is 12.8 Å². The zero-order valence-electron chi connectivity index (χ0n) is 5.37. The van der Waals surface area contributed by atoms with E-state index in [-0.39, 0.29) is 41.2 Å². The van der Waals surface area contributed by atoms with Gasteiger partial charge in [-0.05, 0) is 12.3 Å². The molecule has 0 aromatic heterocycles. The molecule has 10 heavy (non-hydrogen) atoms. The van der Waals surface area contributed by atoms with Gasteiger partial charge in [0.25, 0.3) is 10.1 Å². The van der Waals surface area contributed by atoms with Crippen molar-refractivity contribution in [2.45, 2.75) is 13.3 Å². The van der Waals surface area contributed by atoms with Crippen LogP contribution < -0.4 is 0 Å². The van der Waals surface area contributed by atoms with Crippen LogP contribution in [0.15, 0.2) is 0 Å². The van der Waals surface area contributed by atoms with E-state index < -0.39 is 10.1 Å². The molecule has 0 bridgehead atoms. The summed E-state index contributed by atoms with van der Waals surface area (Å²) in [5, 5.41) is 0. The van der Waals surface area contributed by atoms with Crippen molar-refractivity contribution in [2.24, 2.45) is 5.92 Å². The second-order valence-corrected chi connectivity index (χ2v) is 3.75. The molecule has 57 valence electrons. The summed E-state index contributed by atoms with van der Waals surface area (Å²) in [6, 6.07) is 0. The van der Waals surface area contributed by atoms with Gasteiger partial charge in [0.05, 0.1) is 5.75 Å². The SMILES string of the molecule is [CH2]C(C)CCS(=O)(=O)O.[NaH]. The van der Waals surface area contributed by atoms with Crippen LogP contribution in [0.3, 0.4) is 0 Å². The Morgan fingerprint density at radius 3 is 2.10 bits per heavy atom. The Kier molecular flexibility index (Phi) is 7.49. The van der Waals surface area contributed by atoms with Gasteiger partial charge in [-0.1, -0.05) is 13.8 Å². The van der Waals surface area contributed by atoms with Crippen LogP contribution in [0.25, 0.3) is 0 Å². The molecule has 1 unspecified atom stereocenters. The van der Waals surface area contributed by atoms with Gasteiger partial charge in [-0.3, -0.25) is 4.55 Å². The van der Waals surface area contributed by atoms with Crippen LogP contribution in [-0.2, 0) is 10.1 Å². The zero-order chi connectivity index (χ0) is 7.49. The van der Waals surface area contributed by atoms with Crippen LogP contribution in [0.4, 0.5) is 0 Å². The van der Waals surface area contributed by atoms with E-state index in [0.717, 1.165) is 0 Å². The summed E-state index contributed by atoms with van der Waals surface area (Å²) in [6.45, 7) is 5.36. The van der Waals surface area contributed by atoms with Gasteiger partial charge in [0, 0.05) is 0 Å². The standard InChI is InChI=1S/C5H11O3S.Na.H/c1-5(2)3-4-9(6,7)8;;/h5H,1,3-4H2,2H3,(H,6,7,8);;. The Morgan fingerprint density at radius 1 is 1.60 bits per heavy atom. The molecule has 0 amide bonds. The van der Waals surface area contributed by atoms with Crippen molar-refractivity contribution in [3.63, 3.8) is 0 Å². The molecule has 3 nitrogen and oxygen atoms in total. The first kappa shape index (κ1) is 13.5. The molecule has 0 aromatic carbocycles. The van der Waals surface area contributed by atoms with Crippen LogP contribution in [0.1, 0.15) is 13.3 Å². The average Bonchev–Trinajstić information content (AvgIpc) is 1.59. The Balaban J connectivity index is 0. The molecule has 0 spiro atoms. The Morgan fingerprint density at radius 2 is 2.00 bits per heavy atom. The summed E-state index contributed by atoms with van der Waals surface area (Å²) in [6.07, 6.45) is 0.416. The molecule has 0 aliphatic heterocycles. The van der Waals surface area contributed by atoms with Crippen molar-refractivity contribution in [1.82, 2.24) is 0 Å². The van der Waals surface area contributed by atoms with Gasteiger partial charge in [-0.25, -0.2) is 0 Å². The van der Waals surface area contributed by atoms with Crippen LogP contribution >= 0.6 is 0 Å². The third-order valence-electron chi connectivity index (χ3n) is 0.869. The monoisotopic (exact) mass is 175 g/mol. The normalized spacial score (nSPS) is 11.2. The van der Waals surface area contributed by atoms with Gasteiger partial charge >= 0.3 is 29.6 Å². The maximum atomic E-state index is 10.1. The number of hydrogen-bond donors (Lipinski definition) is 1. The summed E-state index contributed by atoms with van der Waals surface area (Å²) in [5.74, 6) is -0.107. The van der Waals surface area contributed by atoms with Crippen molar-refractivity contribution in [3.05, 3.63) is 6.92 Å². The van der Waals surface area contributed by atoms with E-state index in [1.807, 2.05) is 0 Å². The average molecular weight is 175 g/mol. The quantitative estimate of drug-likeness (QED) is 0.488. The Bertz CT molecular complexity index is 162. The summed E-state index contributed by atoms with van der Waals surface area (Å²) in [7, 11) is -3.76.